The molecule has 0 bridgehead atoms. The number of benzene rings is 1. The largest absolute Gasteiger partial charge is 0.350 e. The predicted molar refractivity (Wildman–Crippen MR) is 133 cm³/mol. The second-order valence-electron chi connectivity index (χ2n) is 9.19. The molecule has 184 valence electrons. The molecule has 1 amide bonds. The fourth-order valence-corrected chi connectivity index (χ4v) is 6.52. The number of hydrogen-bond donors (Lipinski definition) is 1. The summed E-state index contributed by atoms with van der Waals surface area (Å²) in [5.41, 5.74) is 5.09. The fraction of sp³-hybridized carbons (Fsp3) is 0.423. The number of nitrogens with one attached hydrogen (secondary N) is 1. The van der Waals surface area contributed by atoms with Crippen LogP contribution in [0, 0.1) is 0 Å². The Morgan fingerprint density at radius 2 is 1.63 bits per heavy atom. The van der Waals surface area contributed by atoms with Crippen LogP contribution in [0.1, 0.15) is 53.7 Å². The third-order valence-electron chi connectivity index (χ3n) is 6.89. The van der Waals surface area contributed by atoms with E-state index in [0.29, 0.717) is 31.7 Å². The standard InChI is InChI=1S/C26H31N5O3S/c32-26(21-8-10-22(11-9-21)35(33,34)30-17-4-1-5-18-30)28-16-19-31-24-7-3-2-6-23(24)25(29-31)20-12-14-27-15-13-20/h8-15H,1-7,16-19H2,(H,28,32). The van der Waals surface area contributed by atoms with E-state index in [4.69, 9.17) is 5.10 Å². The number of sulfonamides is 1. The minimum atomic E-state index is -3.50. The Balaban J connectivity index is 1.23. The van der Waals surface area contributed by atoms with Crippen molar-refractivity contribution < 1.29 is 13.2 Å². The lowest BCUT2D eigenvalue weighted by Gasteiger charge is -2.25. The van der Waals surface area contributed by atoms with Gasteiger partial charge in [0.15, 0.2) is 0 Å². The molecule has 2 aliphatic rings. The molecule has 0 saturated carbocycles. The summed E-state index contributed by atoms with van der Waals surface area (Å²) in [5, 5.41) is 7.84. The number of pyridine rings is 1. The Kier molecular flexibility index (Phi) is 6.97. The van der Waals surface area contributed by atoms with Crippen LogP contribution in [0.4, 0.5) is 0 Å². The maximum Gasteiger partial charge on any atom is 0.251 e. The highest BCUT2D eigenvalue weighted by Gasteiger charge is 2.26. The third kappa shape index (κ3) is 5.01. The van der Waals surface area contributed by atoms with E-state index in [0.717, 1.165) is 56.2 Å². The lowest BCUT2D eigenvalue weighted by molar-refractivity contribution is 0.0951. The number of piperidine rings is 1. The zero-order valence-electron chi connectivity index (χ0n) is 19.8. The summed E-state index contributed by atoms with van der Waals surface area (Å²) < 4.78 is 29.2. The zero-order valence-corrected chi connectivity index (χ0v) is 20.6. The molecule has 1 aliphatic heterocycles. The van der Waals surface area contributed by atoms with Crippen LogP contribution >= 0.6 is 0 Å². The maximum absolute atomic E-state index is 12.8. The lowest BCUT2D eigenvalue weighted by atomic mass is 9.94. The van der Waals surface area contributed by atoms with E-state index in [1.807, 2.05) is 16.8 Å². The maximum atomic E-state index is 12.8. The van der Waals surface area contributed by atoms with Gasteiger partial charge in [-0.25, -0.2) is 8.42 Å². The van der Waals surface area contributed by atoms with Crippen LogP contribution in [0.3, 0.4) is 0 Å². The summed E-state index contributed by atoms with van der Waals surface area (Å²) in [7, 11) is -3.50. The van der Waals surface area contributed by atoms with Gasteiger partial charge in [0.05, 0.1) is 17.1 Å². The minimum Gasteiger partial charge on any atom is -0.350 e. The second-order valence-corrected chi connectivity index (χ2v) is 11.1. The van der Waals surface area contributed by atoms with Crippen LogP contribution in [-0.4, -0.2) is 53.0 Å². The van der Waals surface area contributed by atoms with Gasteiger partial charge in [0.1, 0.15) is 0 Å². The van der Waals surface area contributed by atoms with Gasteiger partial charge in [-0.05, 0) is 74.9 Å². The van der Waals surface area contributed by atoms with Crippen LogP contribution in [-0.2, 0) is 29.4 Å². The molecule has 1 aliphatic carbocycles. The molecule has 0 unspecified atom stereocenters. The van der Waals surface area contributed by atoms with Gasteiger partial charge >= 0.3 is 0 Å². The average molecular weight is 494 g/mol. The number of aromatic nitrogens is 3. The number of rotatable bonds is 7. The van der Waals surface area contributed by atoms with E-state index >= 15 is 0 Å². The Morgan fingerprint density at radius 1 is 0.914 bits per heavy atom. The van der Waals surface area contributed by atoms with Crippen LogP contribution < -0.4 is 5.32 Å². The second kappa shape index (κ2) is 10.3. The smallest absolute Gasteiger partial charge is 0.251 e. The molecule has 0 spiro atoms. The number of nitrogens with zero attached hydrogens (tertiary/aromatic N) is 4. The first-order valence-electron chi connectivity index (χ1n) is 12.4. The summed E-state index contributed by atoms with van der Waals surface area (Å²) >= 11 is 0. The van der Waals surface area contributed by atoms with Crippen molar-refractivity contribution in [3.05, 3.63) is 65.6 Å². The van der Waals surface area contributed by atoms with E-state index in [-0.39, 0.29) is 10.8 Å². The van der Waals surface area contributed by atoms with Crippen molar-refractivity contribution in [3.8, 4) is 11.3 Å². The Labute approximate surface area is 206 Å². The summed E-state index contributed by atoms with van der Waals surface area (Å²) in [6, 6.07) is 10.2. The van der Waals surface area contributed by atoms with Crippen LogP contribution in [0.2, 0.25) is 0 Å². The van der Waals surface area contributed by atoms with E-state index in [2.05, 4.69) is 10.3 Å². The van der Waals surface area contributed by atoms with Gasteiger partial charge in [0.2, 0.25) is 10.0 Å². The number of carbonyl (C=O) groups is 1. The molecule has 9 heteroatoms. The lowest BCUT2D eigenvalue weighted by Crippen LogP contribution is -2.35. The minimum absolute atomic E-state index is 0.220. The molecule has 8 nitrogen and oxygen atoms in total. The third-order valence-corrected chi connectivity index (χ3v) is 8.80. The van der Waals surface area contributed by atoms with Crippen molar-refractivity contribution in [1.29, 1.82) is 0 Å². The number of fused-ring (bicyclic) bond motifs is 1. The Morgan fingerprint density at radius 3 is 2.37 bits per heavy atom. The molecule has 3 heterocycles. The molecule has 1 N–H and O–H groups in total. The molecule has 2 aromatic heterocycles. The van der Waals surface area contributed by atoms with Gasteiger partial charge in [-0.3, -0.25) is 14.5 Å². The number of amides is 1. The van der Waals surface area contributed by atoms with Crippen molar-refractivity contribution in [2.45, 2.75) is 56.4 Å². The monoisotopic (exact) mass is 493 g/mol. The van der Waals surface area contributed by atoms with Crippen molar-refractivity contribution in [2.24, 2.45) is 0 Å². The molecule has 5 rings (SSSR count). The highest BCUT2D eigenvalue weighted by molar-refractivity contribution is 7.89. The molecule has 35 heavy (non-hydrogen) atoms. The van der Waals surface area contributed by atoms with Gasteiger partial charge in [-0.15, -0.1) is 0 Å². The van der Waals surface area contributed by atoms with Gasteiger partial charge in [-0.2, -0.15) is 9.40 Å². The Hall–Kier alpha value is -3.04. The molecule has 0 radical (unpaired) electrons. The van der Waals surface area contributed by atoms with E-state index in [1.165, 1.54) is 27.7 Å². The van der Waals surface area contributed by atoms with Crippen molar-refractivity contribution >= 4 is 15.9 Å². The van der Waals surface area contributed by atoms with Gasteiger partial charge in [0, 0.05) is 54.4 Å². The number of hydrogen-bond acceptors (Lipinski definition) is 5. The van der Waals surface area contributed by atoms with E-state index < -0.39 is 10.0 Å². The van der Waals surface area contributed by atoms with Crippen molar-refractivity contribution in [2.75, 3.05) is 19.6 Å². The van der Waals surface area contributed by atoms with Gasteiger partial charge < -0.3 is 5.32 Å². The molecular weight excluding hydrogens is 462 g/mol. The number of carbonyl (C=O) groups excluding carboxylic acids is 1. The fourth-order valence-electron chi connectivity index (χ4n) is 5.01. The highest BCUT2D eigenvalue weighted by Crippen LogP contribution is 2.31. The van der Waals surface area contributed by atoms with Crippen LogP contribution in [0.25, 0.3) is 11.3 Å². The predicted octanol–water partition coefficient (Wildman–Crippen LogP) is 3.43. The van der Waals surface area contributed by atoms with E-state index in [9.17, 15) is 13.2 Å². The van der Waals surface area contributed by atoms with Crippen molar-refractivity contribution in [3.63, 3.8) is 0 Å². The first-order chi connectivity index (χ1) is 17.0. The zero-order chi connectivity index (χ0) is 24.3. The van der Waals surface area contributed by atoms with Crippen LogP contribution in [0.15, 0.2) is 53.7 Å². The summed E-state index contributed by atoms with van der Waals surface area (Å²) in [6.45, 7) is 2.15. The van der Waals surface area contributed by atoms with Gasteiger partial charge in [-0.1, -0.05) is 6.42 Å². The molecule has 1 aromatic carbocycles. The molecule has 1 saturated heterocycles. The van der Waals surface area contributed by atoms with E-state index in [1.54, 1.807) is 24.5 Å². The summed E-state index contributed by atoms with van der Waals surface area (Å²) in [4.78, 5) is 17.1. The first-order valence-corrected chi connectivity index (χ1v) is 13.9. The molecule has 3 aromatic rings. The summed E-state index contributed by atoms with van der Waals surface area (Å²) in [6.07, 6.45) is 10.7. The summed E-state index contributed by atoms with van der Waals surface area (Å²) in [5.74, 6) is -0.220. The van der Waals surface area contributed by atoms with Crippen LogP contribution in [0.5, 0.6) is 0 Å². The molecular formula is C26H31N5O3S. The first kappa shape index (κ1) is 23.7. The van der Waals surface area contributed by atoms with Gasteiger partial charge in [0.25, 0.3) is 5.91 Å². The Bertz CT molecular complexity index is 1280. The normalized spacial score (nSPS) is 16.6. The quantitative estimate of drug-likeness (QED) is 0.544. The average Bonchev–Trinajstić information content (AvgIpc) is 3.28. The van der Waals surface area contributed by atoms with Crippen molar-refractivity contribution in [1.82, 2.24) is 24.4 Å². The highest BCUT2D eigenvalue weighted by atomic mass is 32.2. The molecule has 0 atom stereocenters. The SMILES string of the molecule is O=C(NCCn1nc(-c2ccncc2)c2c1CCCC2)c1ccc(S(=O)(=O)N2CCCCC2)cc1. The topological polar surface area (TPSA) is 97.2 Å². The molecule has 1 fully saturated rings.